The summed E-state index contributed by atoms with van der Waals surface area (Å²) >= 11 is 1.19. The van der Waals surface area contributed by atoms with Crippen LogP contribution in [-0.4, -0.2) is 58.0 Å². The van der Waals surface area contributed by atoms with Crippen molar-refractivity contribution in [3.8, 4) is 11.3 Å². The molecule has 2 heterocycles. The Morgan fingerprint density at radius 3 is 2.50 bits per heavy atom. The number of hydrogen-bond acceptors (Lipinski definition) is 5. The Morgan fingerprint density at radius 2 is 1.86 bits per heavy atom. The Morgan fingerprint density at radius 1 is 1.18 bits per heavy atom. The van der Waals surface area contributed by atoms with Crippen molar-refractivity contribution in [1.29, 1.82) is 0 Å². The van der Waals surface area contributed by atoms with Gasteiger partial charge in [-0.2, -0.15) is 0 Å². The van der Waals surface area contributed by atoms with Crippen LogP contribution in [0.3, 0.4) is 0 Å². The quantitative estimate of drug-likeness (QED) is 0.872. The number of carbonyl (C=O) groups is 1. The fraction of sp³-hybridized carbons (Fsp3) is 0.438. The van der Waals surface area contributed by atoms with Crippen LogP contribution >= 0.6 is 11.5 Å². The molecule has 1 fully saturated rings. The van der Waals surface area contributed by atoms with Gasteiger partial charge in [0.1, 0.15) is 10.6 Å². The van der Waals surface area contributed by atoms with Gasteiger partial charge in [0.2, 0.25) is 0 Å². The van der Waals surface area contributed by atoms with Gasteiger partial charge in [-0.05, 0) is 25.0 Å². The van der Waals surface area contributed by atoms with Gasteiger partial charge >= 0.3 is 0 Å². The third-order valence-electron chi connectivity index (χ3n) is 4.11. The van der Waals surface area contributed by atoms with E-state index in [1.165, 1.54) is 17.1 Å². The molecule has 5 nitrogen and oxygen atoms in total. The van der Waals surface area contributed by atoms with Gasteiger partial charge in [0, 0.05) is 31.7 Å². The fourth-order valence-corrected chi connectivity index (χ4v) is 3.30. The Labute approximate surface area is 134 Å². The van der Waals surface area contributed by atoms with E-state index in [-0.39, 0.29) is 5.91 Å². The van der Waals surface area contributed by atoms with Crippen LogP contribution in [0.2, 0.25) is 0 Å². The van der Waals surface area contributed by atoms with E-state index in [0.717, 1.165) is 38.3 Å². The second kappa shape index (κ2) is 6.54. The first-order valence-corrected chi connectivity index (χ1v) is 8.37. The highest BCUT2D eigenvalue weighted by atomic mass is 32.1. The van der Waals surface area contributed by atoms with Crippen molar-refractivity contribution in [2.45, 2.75) is 13.8 Å². The second-order valence-electron chi connectivity index (χ2n) is 5.54. The molecule has 6 heteroatoms. The van der Waals surface area contributed by atoms with Crippen LogP contribution in [-0.2, 0) is 0 Å². The van der Waals surface area contributed by atoms with Crippen LogP contribution < -0.4 is 0 Å². The van der Waals surface area contributed by atoms with E-state index in [1.807, 2.05) is 36.1 Å². The number of likely N-dealkylation sites (N-methyl/N-ethyl adjacent to an activating group) is 1. The maximum absolute atomic E-state index is 12.8. The molecule has 116 valence electrons. The number of rotatable bonds is 3. The molecule has 0 atom stereocenters. The normalized spacial score (nSPS) is 16.0. The first-order chi connectivity index (χ1) is 10.7. The van der Waals surface area contributed by atoms with Gasteiger partial charge in [0.25, 0.3) is 5.91 Å². The zero-order valence-corrected chi connectivity index (χ0v) is 13.8. The van der Waals surface area contributed by atoms with Crippen LogP contribution in [0.1, 0.15) is 22.2 Å². The molecule has 0 aliphatic carbocycles. The second-order valence-corrected chi connectivity index (χ2v) is 6.30. The summed E-state index contributed by atoms with van der Waals surface area (Å²) in [5, 5.41) is 4.17. The molecule has 0 bridgehead atoms. The van der Waals surface area contributed by atoms with E-state index in [2.05, 4.69) is 21.4 Å². The van der Waals surface area contributed by atoms with Crippen LogP contribution in [0.5, 0.6) is 0 Å². The van der Waals surface area contributed by atoms with E-state index >= 15 is 0 Å². The van der Waals surface area contributed by atoms with Crippen LogP contribution in [0.25, 0.3) is 11.3 Å². The molecule has 0 unspecified atom stereocenters. The molecule has 1 saturated heterocycles. The zero-order valence-electron chi connectivity index (χ0n) is 13.0. The number of piperazine rings is 1. The molecule has 0 radical (unpaired) electrons. The smallest absolute Gasteiger partial charge is 0.267 e. The number of carbonyl (C=O) groups excluding carboxylic acids is 1. The topological polar surface area (TPSA) is 49.3 Å². The fourth-order valence-electron chi connectivity index (χ4n) is 2.64. The number of amides is 1. The summed E-state index contributed by atoms with van der Waals surface area (Å²) in [4.78, 5) is 17.7. The van der Waals surface area contributed by atoms with E-state index in [1.54, 1.807) is 0 Å². The number of aryl methyl sites for hydroxylation is 1. The molecule has 0 N–H and O–H groups in total. The molecule has 1 aromatic heterocycles. The van der Waals surface area contributed by atoms with Gasteiger partial charge in [-0.15, -0.1) is 5.10 Å². The van der Waals surface area contributed by atoms with Gasteiger partial charge in [-0.1, -0.05) is 41.2 Å². The highest BCUT2D eigenvalue weighted by molar-refractivity contribution is 7.08. The van der Waals surface area contributed by atoms with Crippen LogP contribution in [0.4, 0.5) is 0 Å². The van der Waals surface area contributed by atoms with Gasteiger partial charge in [0.15, 0.2) is 0 Å². The molecule has 3 rings (SSSR count). The van der Waals surface area contributed by atoms with E-state index in [9.17, 15) is 4.79 Å². The summed E-state index contributed by atoms with van der Waals surface area (Å²) in [6.07, 6.45) is 0. The third-order valence-corrected chi connectivity index (χ3v) is 4.83. The first-order valence-electron chi connectivity index (χ1n) is 7.60. The molecule has 22 heavy (non-hydrogen) atoms. The number of aromatic nitrogens is 2. The predicted molar refractivity (Wildman–Crippen MR) is 88.1 cm³/mol. The molecule has 2 aromatic rings. The minimum absolute atomic E-state index is 0.0568. The Hall–Kier alpha value is -1.79. The molecule has 1 aliphatic heterocycles. The van der Waals surface area contributed by atoms with Crippen molar-refractivity contribution in [2.24, 2.45) is 0 Å². The number of hydrogen-bond donors (Lipinski definition) is 0. The molecular weight excluding hydrogens is 296 g/mol. The standard InChI is InChI=1S/C16H20N4OS/c1-3-19-8-10-20(11-9-19)16(21)15-14(17-18-22-15)13-6-4-12(2)5-7-13/h4-7H,3,8-11H2,1-2H3. The minimum Gasteiger partial charge on any atom is -0.335 e. The van der Waals surface area contributed by atoms with Crippen molar-refractivity contribution in [1.82, 2.24) is 19.4 Å². The number of benzene rings is 1. The molecule has 1 amide bonds. The summed E-state index contributed by atoms with van der Waals surface area (Å²) in [5.74, 6) is 0.0568. The van der Waals surface area contributed by atoms with Crippen LogP contribution in [0.15, 0.2) is 24.3 Å². The van der Waals surface area contributed by atoms with E-state index < -0.39 is 0 Å². The number of nitrogens with zero attached hydrogens (tertiary/aromatic N) is 4. The van der Waals surface area contributed by atoms with Gasteiger partial charge < -0.3 is 9.80 Å². The third kappa shape index (κ3) is 3.03. The van der Waals surface area contributed by atoms with Crippen molar-refractivity contribution in [2.75, 3.05) is 32.7 Å². The van der Waals surface area contributed by atoms with Crippen molar-refractivity contribution >= 4 is 17.4 Å². The SMILES string of the molecule is CCN1CCN(C(=O)c2snnc2-c2ccc(C)cc2)CC1. The molecule has 0 spiro atoms. The van der Waals surface area contributed by atoms with E-state index in [0.29, 0.717) is 10.6 Å². The Kier molecular flexibility index (Phi) is 4.49. The lowest BCUT2D eigenvalue weighted by Gasteiger charge is -2.33. The first kappa shape index (κ1) is 15.1. The van der Waals surface area contributed by atoms with Crippen molar-refractivity contribution < 1.29 is 4.79 Å². The maximum Gasteiger partial charge on any atom is 0.267 e. The Balaban J connectivity index is 1.80. The van der Waals surface area contributed by atoms with Gasteiger partial charge in [0.05, 0.1) is 0 Å². The summed E-state index contributed by atoms with van der Waals surface area (Å²) in [6, 6.07) is 8.06. The summed E-state index contributed by atoms with van der Waals surface area (Å²) in [5.41, 5.74) is 2.85. The van der Waals surface area contributed by atoms with Gasteiger partial charge in [-0.25, -0.2) is 0 Å². The molecular formula is C16H20N4OS. The lowest BCUT2D eigenvalue weighted by atomic mass is 10.1. The summed E-state index contributed by atoms with van der Waals surface area (Å²) < 4.78 is 4.00. The maximum atomic E-state index is 12.8. The highest BCUT2D eigenvalue weighted by Crippen LogP contribution is 2.25. The minimum atomic E-state index is 0.0568. The van der Waals surface area contributed by atoms with Crippen molar-refractivity contribution in [3.63, 3.8) is 0 Å². The predicted octanol–water partition coefficient (Wildman–Crippen LogP) is 2.29. The molecule has 0 saturated carbocycles. The molecule has 1 aromatic carbocycles. The molecule has 1 aliphatic rings. The average molecular weight is 316 g/mol. The lowest BCUT2D eigenvalue weighted by Crippen LogP contribution is -2.48. The van der Waals surface area contributed by atoms with Gasteiger partial charge in [-0.3, -0.25) is 4.79 Å². The lowest BCUT2D eigenvalue weighted by molar-refractivity contribution is 0.0648. The zero-order chi connectivity index (χ0) is 15.5. The summed E-state index contributed by atoms with van der Waals surface area (Å²) in [7, 11) is 0. The monoisotopic (exact) mass is 316 g/mol. The average Bonchev–Trinajstić information content (AvgIpc) is 3.04. The largest absolute Gasteiger partial charge is 0.335 e. The van der Waals surface area contributed by atoms with E-state index in [4.69, 9.17) is 0 Å². The summed E-state index contributed by atoms with van der Waals surface area (Å²) in [6.45, 7) is 8.67. The van der Waals surface area contributed by atoms with Crippen LogP contribution in [0, 0.1) is 6.92 Å². The highest BCUT2D eigenvalue weighted by Gasteiger charge is 2.26. The Bertz CT molecular complexity index is 644. The van der Waals surface area contributed by atoms with Crippen molar-refractivity contribution in [3.05, 3.63) is 34.7 Å².